The molecule has 32 heavy (non-hydrogen) atoms. The molecule has 2 aromatic rings. The molecule has 1 atom stereocenters. The molecule has 2 aliphatic heterocycles. The van der Waals surface area contributed by atoms with Gasteiger partial charge in [0.1, 0.15) is 5.75 Å². The van der Waals surface area contributed by atoms with Gasteiger partial charge in [0.25, 0.3) is 0 Å². The number of aliphatic hydroxyl groups is 1. The molecule has 174 valence electrons. The largest absolute Gasteiger partial charge is 0.492 e. The lowest BCUT2D eigenvalue weighted by Crippen LogP contribution is -2.40. The zero-order valence-electron chi connectivity index (χ0n) is 19.6. The Labute approximate surface area is 190 Å². The van der Waals surface area contributed by atoms with Crippen molar-refractivity contribution in [1.82, 2.24) is 9.78 Å². The first-order valence-electron chi connectivity index (χ1n) is 11.6. The van der Waals surface area contributed by atoms with Gasteiger partial charge in [-0.3, -0.25) is 9.48 Å². The van der Waals surface area contributed by atoms with Gasteiger partial charge in [-0.15, -0.1) is 0 Å². The molecule has 0 saturated carbocycles. The van der Waals surface area contributed by atoms with Gasteiger partial charge >= 0.3 is 0 Å². The number of rotatable bonds is 6. The lowest BCUT2D eigenvalue weighted by atomic mass is 9.92. The van der Waals surface area contributed by atoms with E-state index in [1.54, 1.807) is 25.5 Å². The molecule has 0 aliphatic carbocycles. The van der Waals surface area contributed by atoms with Crippen molar-refractivity contribution in [2.45, 2.75) is 71.6 Å². The summed E-state index contributed by atoms with van der Waals surface area (Å²) in [6.07, 6.45) is 7.56. The molecule has 1 unspecified atom stereocenters. The number of amides is 1. The van der Waals surface area contributed by atoms with E-state index in [2.05, 4.69) is 12.0 Å². The fraction of sp³-hybridized carbons (Fsp3) is 0.600. The van der Waals surface area contributed by atoms with Crippen LogP contribution in [0.2, 0.25) is 0 Å². The Morgan fingerprint density at radius 1 is 1.28 bits per heavy atom. The van der Waals surface area contributed by atoms with Crippen molar-refractivity contribution in [3.05, 3.63) is 30.1 Å². The predicted octanol–water partition coefficient (Wildman–Crippen LogP) is 3.81. The third kappa shape index (κ3) is 4.99. The van der Waals surface area contributed by atoms with E-state index in [-0.39, 0.29) is 11.9 Å². The first-order valence-corrected chi connectivity index (χ1v) is 11.6. The smallest absolute Gasteiger partial charge is 0.224 e. The Hall–Kier alpha value is -2.38. The minimum atomic E-state index is -0.848. The van der Waals surface area contributed by atoms with E-state index in [1.807, 2.05) is 29.4 Å². The van der Waals surface area contributed by atoms with E-state index >= 15 is 0 Å². The molecule has 4 rings (SSSR count). The van der Waals surface area contributed by atoms with E-state index in [0.29, 0.717) is 19.1 Å². The van der Waals surface area contributed by atoms with Crippen LogP contribution in [0.4, 0.5) is 5.69 Å². The summed E-state index contributed by atoms with van der Waals surface area (Å²) in [7, 11) is 0. The van der Waals surface area contributed by atoms with Crippen LogP contribution in [0.3, 0.4) is 0 Å². The number of nitrogens with zero attached hydrogens (tertiary/aromatic N) is 3. The van der Waals surface area contributed by atoms with E-state index in [9.17, 15) is 9.90 Å². The Bertz CT molecular complexity index is 957. The Balaban J connectivity index is 1.71. The molecular weight excluding hydrogens is 406 g/mol. The van der Waals surface area contributed by atoms with Gasteiger partial charge in [0, 0.05) is 49.1 Å². The summed E-state index contributed by atoms with van der Waals surface area (Å²) >= 11 is 0. The third-order valence-corrected chi connectivity index (χ3v) is 6.38. The summed E-state index contributed by atoms with van der Waals surface area (Å²) < 4.78 is 13.8. The molecule has 7 heteroatoms. The second-order valence-electron chi connectivity index (χ2n) is 9.82. The number of ether oxygens (including phenoxy) is 2. The van der Waals surface area contributed by atoms with Crippen molar-refractivity contribution in [2.75, 3.05) is 24.7 Å². The molecule has 7 nitrogen and oxygen atoms in total. The van der Waals surface area contributed by atoms with Gasteiger partial charge in [-0.1, -0.05) is 0 Å². The van der Waals surface area contributed by atoms with Crippen LogP contribution in [0.1, 0.15) is 52.5 Å². The SMILES string of the molecule is CC(=O)N1c2ccc(-c3cnn(CC(C)(C)O)c3)c(OCC3CCOCC3)c2CCC1C. The normalized spacial score (nSPS) is 19.7. The number of hydrogen-bond donors (Lipinski definition) is 1. The fourth-order valence-electron chi connectivity index (χ4n) is 4.78. The molecule has 0 radical (unpaired) electrons. The summed E-state index contributed by atoms with van der Waals surface area (Å²) in [5.74, 6) is 1.38. The van der Waals surface area contributed by atoms with Crippen LogP contribution >= 0.6 is 0 Å². The Morgan fingerprint density at radius 3 is 2.72 bits per heavy atom. The highest BCUT2D eigenvalue weighted by molar-refractivity contribution is 5.95. The van der Waals surface area contributed by atoms with E-state index in [4.69, 9.17) is 9.47 Å². The maximum atomic E-state index is 12.4. The third-order valence-electron chi connectivity index (χ3n) is 6.38. The highest BCUT2D eigenvalue weighted by Gasteiger charge is 2.30. The van der Waals surface area contributed by atoms with Crippen molar-refractivity contribution in [3.63, 3.8) is 0 Å². The summed E-state index contributed by atoms with van der Waals surface area (Å²) in [5, 5.41) is 14.6. The predicted molar refractivity (Wildman–Crippen MR) is 124 cm³/mol. The zero-order chi connectivity index (χ0) is 22.9. The zero-order valence-corrected chi connectivity index (χ0v) is 19.6. The topological polar surface area (TPSA) is 76.8 Å². The Kier molecular flexibility index (Phi) is 6.58. The molecule has 3 heterocycles. The average molecular weight is 442 g/mol. The van der Waals surface area contributed by atoms with Crippen LogP contribution in [0.25, 0.3) is 11.1 Å². The van der Waals surface area contributed by atoms with Crippen molar-refractivity contribution in [1.29, 1.82) is 0 Å². The van der Waals surface area contributed by atoms with Crippen LogP contribution in [-0.4, -0.2) is 52.3 Å². The number of fused-ring (bicyclic) bond motifs is 1. The van der Waals surface area contributed by atoms with E-state index in [1.165, 1.54) is 0 Å². The lowest BCUT2D eigenvalue weighted by Gasteiger charge is -2.36. The summed E-state index contributed by atoms with van der Waals surface area (Å²) in [4.78, 5) is 14.3. The van der Waals surface area contributed by atoms with E-state index < -0.39 is 5.60 Å². The minimum Gasteiger partial charge on any atom is -0.492 e. The summed E-state index contributed by atoms with van der Waals surface area (Å²) in [5.41, 5.74) is 3.13. The van der Waals surface area contributed by atoms with Crippen LogP contribution in [0, 0.1) is 5.92 Å². The number of carbonyl (C=O) groups excluding carboxylic acids is 1. The van der Waals surface area contributed by atoms with Crippen molar-refractivity contribution in [3.8, 4) is 16.9 Å². The molecule has 0 bridgehead atoms. The van der Waals surface area contributed by atoms with Gasteiger partial charge in [-0.05, 0) is 64.5 Å². The summed E-state index contributed by atoms with van der Waals surface area (Å²) in [6.45, 7) is 9.89. The second kappa shape index (κ2) is 9.24. The van der Waals surface area contributed by atoms with E-state index in [0.717, 1.165) is 67.0 Å². The molecule has 1 saturated heterocycles. The van der Waals surface area contributed by atoms with Gasteiger partial charge in [0.05, 0.1) is 30.6 Å². The maximum Gasteiger partial charge on any atom is 0.224 e. The van der Waals surface area contributed by atoms with Crippen molar-refractivity contribution >= 4 is 11.6 Å². The molecule has 1 amide bonds. The molecule has 1 aromatic heterocycles. The number of hydrogen-bond acceptors (Lipinski definition) is 5. The van der Waals surface area contributed by atoms with Gasteiger partial charge in [-0.2, -0.15) is 5.10 Å². The average Bonchev–Trinajstić information content (AvgIpc) is 3.18. The highest BCUT2D eigenvalue weighted by Crippen LogP contribution is 2.43. The van der Waals surface area contributed by atoms with Crippen LogP contribution in [0.15, 0.2) is 24.5 Å². The quantitative estimate of drug-likeness (QED) is 0.738. The molecule has 1 N–H and O–H groups in total. The molecule has 2 aliphatic rings. The Morgan fingerprint density at radius 2 is 2.03 bits per heavy atom. The van der Waals surface area contributed by atoms with Gasteiger partial charge < -0.3 is 19.5 Å². The highest BCUT2D eigenvalue weighted by atomic mass is 16.5. The number of anilines is 1. The van der Waals surface area contributed by atoms with Crippen molar-refractivity contribution < 1.29 is 19.4 Å². The van der Waals surface area contributed by atoms with Gasteiger partial charge in [-0.25, -0.2) is 0 Å². The first kappa shape index (κ1) is 22.8. The minimum absolute atomic E-state index is 0.0552. The molecule has 0 spiro atoms. The number of benzene rings is 1. The van der Waals surface area contributed by atoms with Gasteiger partial charge in [0.2, 0.25) is 5.91 Å². The number of carbonyl (C=O) groups is 1. The monoisotopic (exact) mass is 441 g/mol. The molecule has 1 aromatic carbocycles. The number of aromatic nitrogens is 2. The fourth-order valence-corrected chi connectivity index (χ4v) is 4.78. The van der Waals surface area contributed by atoms with Crippen LogP contribution < -0.4 is 9.64 Å². The molecule has 1 fully saturated rings. The second-order valence-corrected chi connectivity index (χ2v) is 9.82. The maximum absolute atomic E-state index is 12.4. The van der Waals surface area contributed by atoms with Crippen molar-refractivity contribution in [2.24, 2.45) is 5.92 Å². The molecular formula is C25H35N3O4. The first-order chi connectivity index (χ1) is 15.2. The lowest BCUT2D eigenvalue weighted by molar-refractivity contribution is -0.117. The summed E-state index contributed by atoms with van der Waals surface area (Å²) in [6, 6.07) is 4.25. The van der Waals surface area contributed by atoms with Crippen LogP contribution in [-0.2, 0) is 22.5 Å². The van der Waals surface area contributed by atoms with Crippen LogP contribution in [0.5, 0.6) is 5.75 Å². The van der Waals surface area contributed by atoms with Gasteiger partial charge in [0.15, 0.2) is 0 Å². The standard InChI is InChI=1S/C25H35N3O4/c1-17-5-6-22-23(28(17)18(2)29)8-7-21(20-13-26-27(14-20)16-25(3,4)30)24(22)32-15-19-9-11-31-12-10-19/h7-8,13-14,17,19,30H,5-6,9-12,15-16H2,1-4H3.